The minimum Gasteiger partial charge on any atom is -0.185 e. The van der Waals surface area contributed by atoms with Gasteiger partial charge < -0.3 is 0 Å². The second kappa shape index (κ2) is 4.27. The van der Waals surface area contributed by atoms with E-state index in [1.807, 2.05) is 29.7 Å². The van der Waals surface area contributed by atoms with Crippen LogP contribution >= 0.6 is 23.4 Å². The SMILES string of the molecule is N#CSCc1ccc(Cl)cc1. The Hall–Kier alpha value is -0.650. The number of benzene rings is 1. The minimum absolute atomic E-state index is 0.730. The van der Waals surface area contributed by atoms with Crippen molar-refractivity contribution in [1.82, 2.24) is 0 Å². The van der Waals surface area contributed by atoms with E-state index in [2.05, 4.69) is 0 Å². The zero-order valence-electron chi connectivity index (χ0n) is 5.75. The first kappa shape index (κ1) is 8.45. The lowest BCUT2D eigenvalue weighted by Crippen LogP contribution is -1.76. The van der Waals surface area contributed by atoms with Crippen molar-refractivity contribution in [2.45, 2.75) is 5.75 Å². The Labute approximate surface area is 75.0 Å². The predicted molar refractivity (Wildman–Crippen MR) is 48.4 cm³/mol. The van der Waals surface area contributed by atoms with E-state index in [4.69, 9.17) is 16.9 Å². The molecule has 0 heterocycles. The van der Waals surface area contributed by atoms with E-state index in [-0.39, 0.29) is 0 Å². The maximum Gasteiger partial charge on any atom is 0.133 e. The first-order chi connectivity index (χ1) is 5.33. The first-order valence-electron chi connectivity index (χ1n) is 3.08. The zero-order chi connectivity index (χ0) is 8.10. The van der Waals surface area contributed by atoms with E-state index < -0.39 is 0 Å². The standard InChI is InChI=1S/C8H6ClNS/c9-8-3-1-7(2-4-8)5-11-6-10/h1-4H,5H2. The summed E-state index contributed by atoms with van der Waals surface area (Å²) in [5.74, 6) is 0.730. The van der Waals surface area contributed by atoms with Crippen LogP contribution in [0.3, 0.4) is 0 Å². The first-order valence-corrected chi connectivity index (χ1v) is 4.44. The fourth-order valence-corrected chi connectivity index (χ4v) is 1.25. The van der Waals surface area contributed by atoms with E-state index in [1.54, 1.807) is 0 Å². The summed E-state index contributed by atoms with van der Waals surface area (Å²) in [5.41, 5.74) is 1.13. The van der Waals surface area contributed by atoms with Crippen LogP contribution in [-0.4, -0.2) is 0 Å². The molecule has 0 amide bonds. The van der Waals surface area contributed by atoms with Crippen molar-refractivity contribution in [3.05, 3.63) is 34.9 Å². The van der Waals surface area contributed by atoms with E-state index in [9.17, 15) is 0 Å². The van der Waals surface area contributed by atoms with Gasteiger partial charge in [0.25, 0.3) is 0 Å². The predicted octanol–water partition coefficient (Wildman–Crippen LogP) is 3.05. The van der Waals surface area contributed by atoms with Crippen LogP contribution in [0.15, 0.2) is 24.3 Å². The Balaban J connectivity index is 2.60. The van der Waals surface area contributed by atoms with E-state index in [0.29, 0.717) is 0 Å². The molecule has 0 aliphatic heterocycles. The van der Waals surface area contributed by atoms with E-state index in [0.717, 1.165) is 16.3 Å². The molecule has 1 rings (SSSR count). The summed E-state index contributed by atoms with van der Waals surface area (Å²) in [7, 11) is 0. The molecule has 0 aromatic heterocycles. The van der Waals surface area contributed by atoms with Gasteiger partial charge in [-0.2, -0.15) is 5.26 Å². The summed E-state index contributed by atoms with van der Waals surface area (Å²) in [5, 5.41) is 11.0. The van der Waals surface area contributed by atoms with Crippen molar-refractivity contribution in [3.63, 3.8) is 0 Å². The monoisotopic (exact) mass is 183 g/mol. The summed E-state index contributed by atoms with van der Waals surface area (Å²) < 4.78 is 0. The number of thioether (sulfide) groups is 1. The molecule has 0 aliphatic carbocycles. The molecule has 0 saturated carbocycles. The van der Waals surface area contributed by atoms with Crippen LogP contribution in [0.4, 0.5) is 0 Å². The van der Waals surface area contributed by atoms with Crippen molar-refractivity contribution in [1.29, 1.82) is 5.26 Å². The average Bonchev–Trinajstić information content (AvgIpc) is 2.04. The molecule has 0 fully saturated rings. The largest absolute Gasteiger partial charge is 0.185 e. The van der Waals surface area contributed by atoms with E-state index >= 15 is 0 Å². The topological polar surface area (TPSA) is 23.8 Å². The van der Waals surface area contributed by atoms with Crippen molar-refractivity contribution >= 4 is 23.4 Å². The third-order valence-electron chi connectivity index (χ3n) is 1.22. The van der Waals surface area contributed by atoms with Gasteiger partial charge in [0.1, 0.15) is 5.40 Å². The number of hydrogen-bond donors (Lipinski definition) is 0. The normalized spacial score (nSPS) is 9.09. The summed E-state index contributed by atoms with van der Waals surface area (Å²) in [6.45, 7) is 0. The second-order valence-corrected chi connectivity index (χ2v) is 3.20. The molecule has 1 nitrogen and oxygen atoms in total. The molecule has 1 aromatic rings. The molecule has 0 bridgehead atoms. The third-order valence-corrected chi connectivity index (χ3v) is 2.08. The van der Waals surface area contributed by atoms with Crippen LogP contribution in [0.2, 0.25) is 5.02 Å². The van der Waals surface area contributed by atoms with Crippen molar-refractivity contribution in [3.8, 4) is 5.40 Å². The molecule has 0 atom stereocenters. The lowest BCUT2D eigenvalue weighted by Gasteiger charge is -1.94. The molecule has 0 spiro atoms. The van der Waals surface area contributed by atoms with Crippen LogP contribution in [-0.2, 0) is 5.75 Å². The Bertz CT molecular complexity index is 262. The molecular formula is C8H6ClNS. The zero-order valence-corrected chi connectivity index (χ0v) is 7.32. The lowest BCUT2D eigenvalue weighted by atomic mass is 10.2. The number of hydrogen-bond acceptors (Lipinski definition) is 2. The minimum atomic E-state index is 0.730. The number of halogens is 1. The quantitative estimate of drug-likeness (QED) is 0.658. The summed E-state index contributed by atoms with van der Waals surface area (Å²) in [6, 6.07) is 7.50. The molecule has 0 unspecified atom stereocenters. The van der Waals surface area contributed by atoms with Crippen molar-refractivity contribution in [2.24, 2.45) is 0 Å². The van der Waals surface area contributed by atoms with Crippen molar-refractivity contribution in [2.75, 3.05) is 0 Å². The molecule has 0 N–H and O–H groups in total. The summed E-state index contributed by atoms with van der Waals surface area (Å²) >= 11 is 6.90. The van der Waals surface area contributed by atoms with Gasteiger partial charge >= 0.3 is 0 Å². The van der Waals surface area contributed by atoms with Crippen LogP contribution in [0, 0.1) is 10.7 Å². The molecule has 3 heteroatoms. The van der Waals surface area contributed by atoms with Crippen molar-refractivity contribution < 1.29 is 0 Å². The van der Waals surface area contributed by atoms with Crippen LogP contribution < -0.4 is 0 Å². The Kier molecular flexibility index (Phi) is 3.28. The molecule has 56 valence electrons. The maximum atomic E-state index is 8.27. The van der Waals surface area contributed by atoms with Crippen LogP contribution in [0.1, 0.15) is 5.56 Å². The van der Waals surface area contributed by atoms with Gasteiger partial charge in [-0.1, -0.05) is 23.7 Å². The van der Waals surface area contributed by atoms with Gasteiger partial charge in [0.2, 0.25) is 0 Å². The summed E-state index contributed by atoms with van der Waals surface area (Å²) in [4.78, 5) is 0. The van der Waals surface area contributed by atoms with Gasteiger partial charge in [-0.05, 0) is 29.5 Å². The van der Waals surface area contributed by atoms with Gasteiger partial charge in [-0.25, -0.2) is 0 Å². The molecule has 0 aliphatic rings. The number of nitrogens with zero attached hydrogens (tertiary/aromatic N) is 1. The van der Waals surface area contributed by atoms with Crippen LogP contribution in [0.25, 0.3) is 0 Å². The summed E-state index contributed by atoms with van der Waals surface area (Å²) in [6.07, 6.45) is 0. The van der Waals surface area contributed by atoms with Gasteiger partial charge in [0.05, 0.1) is 0 Å². The van der Waals surface area contributed by atoms with Gasteiger partial charge in [-0.15, -0.1) is 0 Å². The number of rotatable bonds is 2. The number of nitriles is 1. The second-order valence-electron chi connectivity index (χ2n) is 2.01. The highest BCUT2D eigenvalue weighted by Gasteiger charge is 1.91. The fourth-order valence-electron chi connectivity index (χ4n) is 0.696. The molecule has 1 aromatic carbocycles. The Morgan fingerprint density at radius 2 is 2.00 bits per heavy atom. The third kappa shape index (κ3) is 2.83. The Morgan fingerprint density at radius 3 is 2.55 bits per heavy atom. The number of thiocyanates is 1. The highest BCUT2D eigenvalue weighted by Crippen LogP contribution is 2.14. The Morgan fingerprint density at radius 1 is 1.36 bits per heavy atom. The van der Waals surface area contributed by atoms with E-state index in [1.165, 1.54) is 11.8 Å². The highest BCUT2D eigenvalue weighted by atomic mass is 35.5. The fraction of sp³-hybridized carbons (Fsp3) is 0.125. The average molecular weight is 184 g/mol. The van der Waals surface area contributed by atoms with Crippen LogP contribution in [0.5, 0.6) is 0 Å². The van der Waals surface area contributed by atoms with Gasteiger partial charge in [0, 0.05) is 10.8 Å². The smallest absolute Gasteiger partial charge is 0.133 e. The highest BCUT2D eigenvalue weighted by molar-refractivity contribution is 8.02. The van der Waals surface area contributed by atoms with Gasteiger partial charge in [0.15, 0.2) is 0 Å². The molecular weight excluding hydrogens is 178 g/mol. The van der Waals surface area contributed by atoms with Gasteiger partial charge in [-0.3, -0.25) is 0 Å². The molecule has 0 radical (unpaired) electrons. The molecule has 0 saturated heterocycles. The molecule has 11 heavy (non-hydrogen) atoms. The maximum absolute atomic E-state index is 8.27. The lowest BCUT2D eigenvalue weighted by molar-refractivity contribution is 1.42.